The Hall–Kier alpha value is -6.90. The number of benzene rings is 9. The molecule has 52 heavy (non-hydrogen) atoms. The van der Waals surface area contributed by atoms with Crippen LogP contribution in [0.2, 0.25) is 0 Å². The monoisotopic (exact) mass is 663 g/mol. The molecule has 2 heteroatoms. The van der Waals surface area contributed by atoms with Gasteiger partial charge in [-0.15, -0.1) is 0 Å². The summed E-state index contributed by atoms with van der Waals surface area (Å²) in [4.78, 5) is 2.38. The van der Waals surface area contributed by atoms with Crippen LogP contribution in [-0.4, -0.2) is 0 Å². The first-order valence-electron chi connectivity index (χ1n) is 17.8. The second kappa shape index (κ2) is 12.5. The van der Waals surface area contributed by atoms with Crippen molar-refractivity contribution in [3.8, 4) is 33.4 Å². The van der Waals surface area contributed by atoms with Gasteiger partial charge in [0.25, 0.3) is 0 Å². The zero-order valence-electron chi connectivity index (χ0n) is 28.4. The second-order valence-electron chi connectivity index (χ2n) is 13.3. The van der Waals surface area contributed by atoms with Crippen molar-refractivity contribution in [2.45, 2.75) is 0 Å². The van der Waals surface area contributed by atoms with Gasteiger partial charge in [-0.05, 0) is 92.0 Å². The van der Waals surface area contributed by atoms with Gasteiger partial charge in [0.15, 0.2) is 0 Å². The highest BCUT2D eigenvalue weighted by Gasteiger charge is 2.22. The Morgan fingerprint density at radius 1 is 0.346 bits per heavy atom. The zero-order chi connectivity index (χ0) is 34.4. The highest BCUT2D eigenvalue weighted by Crippen LogP contribution is 2.47. The molecule has 0 fully saturated rings. The van der Waals surface area contributed by atoms with Crippen molar-refractivity contribution >= 4 is 60.5 Å². The van der Waals surface area contributed by atoms with Crippen LogP contribution in [0.25, 0.3) is 76.9 Å². The predicted octanol–water partition coefficient (Wildman–Crippen LogP) is 14.4. The van der Waals surface area contributed by atoms with Crippen molar-refractivity contribution < 1.29 is 4.42 Å². The van der Waals surface area contributed by atoms with E-state index in [-0.39, 0.29) is 0 Å². The topological polar surface area (TPSA) is 16.4 Å². The molecule has 0 saturated carbocycles. The van der Waals surface area contributed by atoms with Gasteiger partial charge in [0, 0.05) is 22.1 Å². The standard InChI is InChI=1S/C50H33NO/c1-3-12-34(13-4-1)37-22-24-39(25-23-37)45-33-46-49-47(20-11-21-48(49)52-50(46)44-19-10-9-18-43(44)45)51(42-31-28-36-16-7-8-17-40(36)32-42)41-29-26-38(27-30-41)35-14-5-2-6-15-35/h1-33H. The molecule has 0 amide bonds. The minimum absolute atomic E-state index is 0.862. The molecule has 0 aliphatic rings. The van der Waals surface area contributed by atoms with E-state index in [1.807, 2.05) is 0 Å². The van der Waals surface area contributed by atoms with E-state index in [9.17, 15) is 0 Å². The summed E-state index contributed by atoms with van der Waals surface area (Å²) in [6, 6.07) is 71.6. The number of fused-ring (bicyclic) bond motifs is 6. The molecule has 0 radical (unpaired) electrons. The summed E-state index contributed by atoms with van der Waals surface area (Å²) >= 11 is 0. The van der Waals surface area contributed by atoms with Gasteiger partial charge >= 0.3 is 0 Å². The highest BCUT2D eigenvalue weighted by molar-refractivity contribution is 6.22. The molecule has 2 nitrogen and oxygen atoms in total. The average Bonchev–Trinajstić information content (AvgIpc) is 3.61. The molecule has 0 atom stereocenters. The van der Waals surface area contributed by atoms with Crippen LogP contribution in [0.15, 0.2) is 205 Å². The van der Waals surface area contributed by atoms with Crippen LogP contribution in [0.5, 0.6) is 0 Å². The van der Waals surface area contributed by atoms with Crippen LogP contribution >= 0.6 is 0 Å². The van der Waals surface area contributed by atoms with Gasteiger partial charge in [-0.25, -0.2) is 0 Å². The van der Waals surface area contributed by atoms with Gasteiger partial charge in [0.05, 0.1) is 11.1 Å². The lowest BCUT2D eigenvalue weighted by Crippen LogP contribution is -2.10. The van der Waals surface area contributed by atoms with Crippen molar-refractivity contribution in [3.05, 3.63) is 200 Å². The Kier molecular flexibility index (Phi) is 7.18. The van der Waals surface area contributed by atoms with E-state index in [0.29, 0.717) is 0 Å². The summed E-state index contributed by atoms with van der Waals surface area (Å²) in [5.74, 6) is 0. The number of hydrogen-bond acceptors (Lipinski definition) is 2. The van der Waals surface area contributed by atoms with Crippen molar-refractivity contribution in [1.82, 2.24) is 0 Å². The minimum atomic E-state index is 0.862. The Morgan fingerprint density at radius 3 is 1.62 bits per heavy atom. The maximum atomic E-state index is 6.82. The normalized spacial score (nSPS) is 11.5. The van der Waals surface area contributed by atoms with Gasteiger partial charge in [-0.1, -0.05) is 158 Å². The fourth-order valence-corrected chi connectivity index (χ4v) is 7.70. The van der Waals surface area contributed by atoms with E-state index in [2.05, 4.69) is 205 Å². The zero-order valence-corrected chi connectivity index (χ0v) is 28.4. The third-order valence-corrected chi connectivity index (χ3v) is 10.2. The van der Waals surface area contributed by atoms with Crippen LogP contribution < -0.4 is 4.90 Å². The third-order valence-electron chi connectivity index (χ3n) is 10.2. The Labute approximate surface area is 302 Å². The lowest BCUT2D eigenvalue weighted by Gasteiger charge is -2.27. The summed E-state index contributed by atoms with van der Waals surface area (Å²) in [6.45, 7) is 0. The molecule has 1 heterocycles. The van der Waals surface area contributed by atoms with Gasteiger partial charge in [-0.3, -0.25) is 0 Å². The first kappa shape index (κ1) is 30.0. The maximum absolute atomic E-state index is 6.82. The second-order valence-corrected chi connectivity index (χ2v) is 13.3. The van der Waals surface area contributed by atoms with Gasteiger partial charge in [-0.2, -0.15) is 0 Å². The van der Waals surface area contributed by atoms with E-state index in [4.69, 9.17) is 4.42 Å². The molecule has 10 aromatic rings. The molecule has 0 unspecified atom stereocenters. The molecule has 1 aromatic heterocycles. The number of furan rings is 1. The van der Waals surface area contributed by atoms with Crippen LogP contribution in [-0.2, 0) is 0 Å². The summed E-state index contributed by atoms with van der Waals surface area (Å²) in [6.07, 6.45) is 0. The quantitative estimate of drug-likeness (QED) is 0.176. The summed E-state index contributed by atoms with van der Waals surface area (Å²) in [7, 11) is 0. The van der Waals surface area contributed by atoms with Crippen LogP contribution in [0.4, 0.5) is 17.1 Å². The fraction of sp³-hybridized carbons (Fsp3) is 0. The number of rotatable bonds is 6. The molecule has 0 aliphatic carbocycles. The van der Waals surface area contributed by atoms with Gasteiger partial charge < -0.3 is 9.32 Å². The third kappa shape index (κ3) is 5.12. The first-order valence-corrected chi connectivity index (χ1v) is 17.8. The smallest absolute Gasteiger partial charge is 0.143 e. The SMILES string of the molecule is c1ccc(-c2ccc(-c3cc4c(oc5cccc(N(c6ccc(-c7ccccc7)cc6)c6ccc7ccccc7c6)c54)c4ccccc34)cc2)cc1. The molecular weight excluding hydrogens is 631 g/mol. The van der Waals surface area contributed by atoms with E-state index in [1.165, 1.54) is 49.5 Å². The van der Waals surface area contributed by atoms with Crippen molar-refractivity contribution in [3.63, 3.8) is 0 Å². The largest absolute Gasteiger partial charge is 0.455 e. The Morgan fingerprint density at radius 2 is 0.904 bits per heavy atom. The van der Waals surface area contributed by atoms with Crippen molar-refractivity contribution in [1.29, 1.82) is 0 Å². The van der Waals surface area contributed by atoms with Gasteiger partial charge in [0.1, 0.15) is 11.2 Å². The molecule has 0 spiro atoms. The van der Waals surface area contributed by atoms with Crippen LogP contribution in [0.3, 0.4) is 0 Å². The number of nitrogens with zero attached hydrogens (tertiary/aromatic N) is 1. The molecule has 244 valence electrons. The van der Waals surface area contributed by atoms with Crippen LogP contribution in [0.1, 0.15) is 0 Å². The Bertz CT molecular complexity index is 2870. The van der Waals surface area contributed by atoms with Crippen molar-refractivity contribution in [2.75, 3.05) is 4.90 Å². The molecule has 9 aromatic carbocycles. The molecule has 0 bridgehead atoms. The van der Waals surface area contributed by atoms with E-state index in [0.717, 1.165) is 44.4 Å². The van der Waals surface area contributed by atoms with Crippen LogP contribution in [0, 0.1) is 0 Å². The van der Waals surface area contributed by atoms with Gasteiger partial charge in [0.2, 0.25) is 0 Å². The lowest BCUT2D eigenvalue weighted by atomic mass is 9.93. The first-order chi connectivity index (χ1) is 25.8. The maximum Gasteiger partial charge on any atom is 0.143 e. The summed E-state index contributed by atoms with van der Waals surface area (Å²) < 4.78 is 6.82. The molecule has 10 rings (SSSR count). The molecule has 0 aliphatic heterocycles. The molecule has 0 saturated heterocycles. The van der Waals surface area contributed by atoms with E-state index >= 15 is 0 Å². The molecular formula is C50H33NO. The summed E-state index contributed by atoms with van der Waals surface area (Å²) in [5, 5.41) is 6.87. The Balaban J connectivity index is 1.20. The predicted molar refractivity (Wildman–Crippen MR) is 220 cm³/mol. The highest BCUT2D eigenvalue weighted by atomic mass is 16.3. The number of hydrogen-bond donors (Lipinski definition) is 0. The van der Waals surface area contributed by atoms with Crippen molar-refractivity contribution in [2.24, 2.45) is 0 Å². The fourth-order valence-electron chi connectivity index (χ4n) is 7.70. The number of anilines is 3. The lowest BCUT2D eigenvalue weighted by molar-refractivity contribution is 0.672. The van der Waals surface area contributed by atoms with E-state index < -0.39 is 0 Å². The average molecular weight is 664 g/mol. The molecule has 0 N–H and O–H groups in total. The minimum Gasteiger partial charge on any atom is -0.455 e. The summed E-state index contributed by atoms with van der Waals surface area (Å²) in [5.41, 5.74) is 12.2. The van der Waals surface area contributed by atoms with E-state index in [1.54, 1.807) is 0 Å².